The van der Waals surface area contributed by atoms with Crippen molar-refractivity contribution in [2.45, 2.75) is 6.29 Å². The monoisotopic (exact) mass is 177 g/mol. The van der Waals surface area contributed by atoms with E-state index in [2.05, 4.69) is 5.32 Å². The summed E-state index contributed by atoms with van der Waals surface area (Å²) in [6.07, 6.45) is -0.617. The highest BCUT2D eigenvalue weighted by atomic mass is 16.7. The average Bonchev–Trinajstić information content (AvgIpc) is 2.05. The van der Waals surface area contributed by atoms with Gasteiger partial charge in [-0.15, -0.1) is 0 Å². The largest absolute Gasteiger partial charge is 0.474 e. The number of rotatable bonds is 4. The molecule has 1 amide bonds. The number of nitrogens with one attached hydrogen (secondary N) is 1. The van der Waals surface area contributed by atoms with Crippen LogP contribution in [0.15, 0.2) is 0 Å². The first-order chi connectivity index (χ1) is 5.61. The summed E-state index contributed by atoms with van der Waals surface area (Å²) >= 11 is 0. The van der Waals surface area contributed by atoms with Crippen LogP contribution in [0.3, 0.4) is 0 Å². The molecule has 0 aliphatic carbocycles. The molecule has 0 bridgehead atoms. The Morgan fingerprint density at radius 3 is 2.25 bits per heavy atom. The summed E-state index contributed by atoms with van der Waals surface area (Å²) in [6, 6.07) is 0. The Morgan fingerprint density at radius 1 is 1.42 bits per heavy atom. The zero-order valence-electron chi connectivity index (χ0n) is 6.86. The van der Waals surface area contributed by atoms with E-state index in [9.17, 15) is 9.59 Å². The minimum absolute atomic E-state index is 0.0120. The summed E-state index contributed by atoms with van der Waals surface area (Å²) in [4.78, 5) is 20.5. The van der Waals surface area contributed by atoms with Crippen LogP contribution in [0, 0.1) is 0 Å². The molecule has 70 valence electrons. The van der Waals surface area contributed by atoms with Crippen LogP contribution in [-0.4, -0.2) is 44.0 Å². The van der Waals surface area contributed by atoms with Gasteiger partial charge in [0.2, 0.25) is 0 Å². The first-order valence-corrected chi connectivity index (χ1v) is 3.18. The fraction of sp³-hybridized carbons (Fsp3) is 0.667. The van der Waals surface area contributed by atoms with E-state index in [0.717, 1.165) is 0 Å². The van der Waals surface area contributed by atoms with Gasteiger partial charge in [0.1, 0.15) is 0 Å². The van der Waals surface area contributed by atoms with Crippen molar-refractivity contribution >= 4 is 11.9 Å². The van der Waals surface area contributed by atoms with Crippen LogP contribution in [0.25, 0.3) is 0 Å². The molecule has 0 fully saturated rings. The molecule has 0 rings (SSSR count). The molecule has 6 nitrogen and oxygen atoms in total. The normalized spacial score (nSPS) is 9.92. The number of hydrogen-bond donors (Lipinski definition) is 2. The molecule has 0 radical (unpaired) electrons. The minimum atomic E-state index is -1.53. The fourth-order valence-corrected chi connectivity index (χ4v) is 0.515. The first-order valence-electron chi connectivity index (χ1n) is 3.18. The number of amides is 1. The quantitative estimate of drug-likeness (QED) is 0.416. The van der Waals surface area contributed by atoms with E-state index in [4.69, 9.17) is 14.6 Å². The highest BCUT2D eigenvalue weighted by molar-refractivity contribution is 6.31. The smallest absolute Gasteiger partial charge is 0.394 e. The van der Waals surface area contributed by atoms with Crippen molar-refractivity contribution in [2.75, 3.05) is 20.8 Å². The molecule has 6 heteroatoms. The van der Waals surface area contributed by atoms with Gasteiger partial charge in [0.05, 0.1) is 6.54 Å². The zero-order valence-corrected chi connectivity index (χ0v) is 6.86. The number of carbonyl (C=O) groups is 2. The summed E-state index contributed by atoms with van der Waals surface area (Å²) in [5.41, 5.74) is 0. The summed E-state index contributed by atoms with van der Waals surface area (Å²) < 4.78 is 9.40. The lowest BCUT2D eigenvalue weighted by atomic mass is 10.5. The SMILES string of the molecule is COC(CNC(=O)C(=O)O)OC. The second kappa shape index (κ2) is 5.50. The summed E-state index contributed by atoms with van der Waals surface area (Å²) in [5.74, 6) is -2.60. The van der Waals surface area contributed by atoms with Gasteiger partial charge < -0.3 is 19.9 Å². The number of methoxy groups -OCH3 is 2. The van der Waals surface area contributed by atoms with Crippen LogP contribution >= 0.6 is 0 Å². The van der Waals surface area contributed by atoms with Crippen molar-refractivity contribution in [1.82, 2.24) is 5.32 Å². The molecule has 0 aliphatic rings. The van der Waals surface area contributed by atoms with Crippen LogP contribution in [0.1, 0.15) is 0 Å². The maximum Gasteiger partial charge on any atom is 0.394 e. The van der Waals surface area contributed by atoms with E-state index in [0.29, 0.717) is 0 Å². The van der Waals surface area contributed by atoms with Crippen molar-refractivity contribution in [3.8, 4) is 0 Å². The molecule has 0 aromatic carbocycles. The average molecular weight is 177 g/mol. The van der Waals surface area contributed by atoms with E-state index in [1.54, 1.807) is 0 Å². The standard InChI is InChI=1S/C6H11NO5/c1-11-4(12-2)3-7-5(8)6(9)10/h4H,3H2,1-2H3,(H,7,8)(H,9,10). The Bertz CT molecular complexity index is 165. The number of aliphatic carboxylic acids is 1. The van der Waals surface area contributed by atoms with Crippen molar-refractivity contribution in [2.24, 2.45) is 0 Å². The molecular formula is C6H11NO5. The summed E-state index contributed by atoms with van der Waals surface area (Å²) in [5, 5.41) is 10.2. The predicted octanol–water partition coefficient (Wildman–Crippen LogP) is -1.19. The lowest BCUT2D eigenvalue weighted by Gasteiger charge is -2.12. The van der Waals surface area contributed by atoms with Crippen LogP contribution in [0.4, 0.5) is 0 Å². The van der Waals surface area contributed by atoms with Gasteiger partial charge in [-0.05, 0) is 0 Å². The maximum absolute atomic E-state index is 10.5. The number of ether oxygens (including phenoxy) is 2. The number of carboxylic acids is 1. The van der Waals surface area contributed by atoms with Gasteiger partial charge in [0.25, 0.3) is 0 Å². The number of carboxylic acid groups (broad SMARTS) is 1. The molecule has 0 saturated heterocycles. The fourth-order valence-electron chi connectivity index (χ4n) is 0.515. The van der Waals surface area contributed by atoms with Gasteiger partial charge in [-0.25, -0.2) is 4.79 Å². The van der Waals surface area contributed by atoms with Crippen molar-refractivity contribution < 1.29 is 24.2 Å². The second-order valence-corrected chi connectivity index (χ2v) is 1.92. The molecule has 0 aromatic rings. The highest BCUT2D eigenvalue weighted by Crippen LogP contribution is 1.86. The van der Waals surface area contributed by atoms with E-state index in [1.165, 1.54) is 14.2 Å². The molecule has 12 heavy (non-hydrogen) atoms. The first kappa shape index (κ1) is 10.9. The Morgan fingerprint density at radius 2 is 1.92 bits per heavy atom. The molecule has 0 atom stereocenters. The Hall–Kier alpha value is -1.14. The van der Waals surface area contributed by atoms with Crippen LogP contribution in [0.2, 0.25) is 0 Å². The Labute approximate surface area is 69.5 Å². The van der Waals surface area contributed by atoms with Gasteiger partial charge in [-0.3, -0.25) is 4.79 Å². The topological polar surface area (TPSA) is 84.9 Å². The zero-order chi connectivity index (χ0) is 9.56. The lowest BCUT2D eigenvalue weighted by molar-refractivity contribution is -0.151. The lowest BCUT2D eigenvalue weighted by Crippen LogP contribution is -2.37. The van der Waals surface area contributed by atoms with Gasteiger partial charge >= 0.3 is 11.9 Å². The third kappa shape index (κ3) is 3.89. The van der Waals surface area contributed by atoms with Crippen LogP contribution in [0.5, 0.6) is 0 Å². The van der Waals surface area contributed by atoms with Crippen molar-refractivity contribution in [1.29, 1.82) is 0 Å². The Balaban J connectivity index is 3.66. The number of carbonyl (C=O) groups excluding carboxylic acids is 1. The van der Waals surface area contributed by atoms with Gasteiger partial charge in [-0.2, -0.15) is 0 Å². The molecule has 0 aromatic heterocycles. The van der Waals surface area contributed by atoms with Crippen molar-refractivity contribution in [3.05, 3.63) is 0 Å². The Kier molecular flexibility index (Phi) is 4.98. The molecule has 0 spiro atoms. The number of hydrogen-bond acceptors (Lipinski definition) is 4. The summed E-state index contributed by atoms with van der Waals surface area (Å²) in [7, 11) is 2.78. The molecule has 0 aliphatic heterocycles. The van der Waals surface area contributed by atoms with Gasteiger partial charge in [0, 0.05) is 14.2 Å². The molecule has 0 heterocycles. The second-order valence-electron chi connectivity index (χ2n) is 1.92. The predicted molar refractivity (Wildman–Crippen MR) is 38.5 cm³/mol. The molecular weight excluding hydrogens is 166 g/mol. The van der Waals surface area contributed by atoms with Gasteiger partial charge in [-0.1, -0.05) is 0 Å². The molecule has 2 N–H and O–H groups in total. The van der Waals surface area contributed by atoms with Gasteiger partial charge in [0.15, 0.2) is 6.29 Å². The van der Waals surface area contributed by atoms with E-state index in [1.807, 2.05) is 0 Å². The van der Waals surface area contributed by atoms with Crippen LogP contribution < -0.4 is 5.32 Å². The molecule has 0 saturated carbocycles. The third-order valence-corrected chi connectivity index (χ3v) is 1.15. The maximum atomic E-state index is 10.5. The minimum Gasteiger partial charge on any atom is -0.474 e. The third-order valence-electron chi connectivity index (χ3n) is 1.15. The van der Waals surface area contributed by atoms with E-state index < -0.39 is 18.2 Å². The molecule has 0 unspecified atom stereocenters. The van der Waals surface area contributed by atoms with Crippen LogP contribution in [-0.2, 0) is 19.1 Å². The van der Waals surface area contributed by atoms with E-state index in [-0.39, 0.29) is 6.54 Å². The highest BCUT2D eigenvalue weighted by Gasteiger charge is 2.12. The van der Waals surface area contributed by atoms with E-state index >= 15 is 0 Å². The van der Waals surface area contributed by atoms with Crippen molar-refractivity contribution in [3.63, 3.8) is 0 Å². The summed E-state index contributed by atoms with van der Waals surface area (Å²) in [6.45, 7) is 0.0120.